The molecule has 0 aliphatic rings. The van der Waals surface area contributed by atoms with E-state index in [0.29, 0.717) is 0 Å². The molecule has 120 valence electrons. The summed E-state index contributed by atoms with van der Waals surface area (Å²) in [6.45, 7) is 6.33. The molecule has 0 aliphatic carbocycles. The van der Waals surface area contributed by atoms with Crippen LogP contribution in [0.5, 0.6) is 0 Å². The molecule has 1 atom stereocenters. The lowest BCUT2D eigenvalue weighted by molar-refractivity contribution is -0.139. The van der Waals surface area contributed by atoms with Crippen LogP contribution in [0.15, 0.2) is 0 Å². The molecule has 0 saturated carbocycles. The minimum absolute atomic E-state index is 0.572. The van der Waals surface area contributed by atoms with Gasteiger partial charge in [0.1, 0.15) is 4.75 Å². The molecule has 0 rings (SSSR count). The van der Waals surface area contributed by atoms with E-state index in [-0.39, 0.29) is 0 Å². The van der Waals surface area contributed by atoms with Crippen molar-refractivity contribution in [3.63, 3.8) is 0 Å². The van der Waals surface area contributed by atoms with Crippen molar-refractivity contribution in [3.05, 3.63) is 0 Å². The molecule has 20 heavy (non-hydrogen) atoms. The van der Waals surface area contributed by atoms with Crippen LogP contribution in [-0.4, -0.2) is 21.6 Å². The number of hydrogen-bond acceptors (Lipinski definition) is 2. The summed E-state index contributed by atoms with van der Waals surface area (Å²) in [5.74, 6) is 0.352. The molecule has 2 nitrogen and oxygen atoms in total. The van der Waals surface area contributed by atoms with Gasteiger partial charge in [-0.25, -0.2) is 0 Å². The van der Waals surface area contributed by atoms with Crippen molar-refractivity contribution in [1.29, 1.82) is 0 Å². The summed E-state index contributed by atoms with van der Waals surface area (Å²) in [6, 6.07) is 0. The van der Waals surface area contributed by atoms with Crippen molar-refractivity contribution >= 4 is 17.7 Å². The van der Waals surface area contributed by atoms with Gasteiger partial charge in [0.05, 0.1) is 0 Å². The van der Waals surface area contributed by atoms with E-state index in [4.69, 9.17) is 0 Å². The zero-order valence-corrected chi connectivity index (χ0v) is 14.6. The number of carbonyl (C=O) groups is 1. The highest BCUT2D eigenvalue weighted by molar-refractivity contribution is 8.01. The number of unbranched alkanes of at least 4 members (excludes halogenated alkanes) is 8. The Labute approximate surface area is 130 Å². The monoisotopic (exact) mass is 302 g/mol. The lowest BCUT2D eigenvalue weighted by Gasteiger charge is -2.24. The number of aliphatic carboxylic acids is 1. The summed E-state index contributed by atoms with van der Waals surface area (Å²) in [6.07, 6.45) is 13.0. The van der Waals surface area contributed by atoms with Crippen LogP contribution in [0.1, 0.15) is 91.4 Å². The fraction of sp³-hybridized carbons (Fsp3) is 0.941. The van der Waals surface area contributed by atoms with Crippen LogP contribution in [0.4, 0.5) is 0 Å². The van der Waals surface area contributed by atoms with E-state index < -0.39 is 10.7 Å². The third-order valence-electron chi connectivity index (χ3n) is 3.88. The van der Waals surface area contributed by atoms with Crippen molar-refractivity contribution in [2.24, 2.45) is 0 Å². The van der Waals surface area contributed by atoms with Gasteiger partial charge in [-0.05, 0) is 25.5 Å². The van der Waals surface area contributed by atoms with E-state index in [9.17, 15) is 9.90 Å². The van der Waals surface area contributed by atoms with E-state index in [1.54, 1.807) is 11.8 Å². The standard InChI is InChI=1S/C17H34O2S/c1-4-6-8-10-11-12-14-17(3,16(18)19)20-15-13-9-7-5-2/h4-15H2,1-3H3,(H,18,19)/t17-/m0/s1. The molecule has 0 amide bonds. The van der Waals surface area contributed by atoms with Crippen molar-refractivity contribution in [1.82, 2.24) is 0 Å². The second-order valence-corrected chi connectivity index (χ2v) is 7.56. The van der Waals surface area contributed by atoms with E-state index in [1.807, 2.05) is 6.92 Å². The number of thioether (sulfide) groups is 1. The third kappa shape index (κ3) is 9.68. The Morgan fingerprint density at radius 1 is 0.900 bits per heavy atom. The average Bonchev–Trinajstić information content (AvgIpc) is 2.42. The summed E-state index contributed by atoms with van der Waals surface area (Å²) >= 11 is 1.65. The number of carboxylic acid groups (broad SMARTS) is 1. The summed E-state index contributed by atoms with van der Waals surface area (Å²) in [7, 11) is 0. The van der Waals surface area contributed by atoms with Crippen LogP contribution < -0.4 is 0 Å². The number of rotatable bonds is 14. The predicted octanol–water partition coefficient (Wildman–Crippen LogP) is 5.89. The van der Waals surface area contributed by atoms with E-state index in [2.05, 4.69) is 13.8 Å². The molecule has 0 aromatic rings. The first-order valence-corrected chi connectivity index (χ1v) is 9.42. The first-order valence-electron chi connectivity index (χ1n) is 8.44. The molecule has 0 aromatic heterocycles. The van der Waals surface area contributed by atoms with Gasteiger partial charge in [0, 0.05) is 0 Å². The molecule has 1 N–H and O–H groups in total. The van der Waals surface area contributed by atoms with Gasteiger partial charge in [-0.3, -0.25) is 4.79 Å². The predicted molar refractivity (Wildman–Crippen MR) is 90.6 cm³/mol. The second kappa shape index (κ2) is 12.6. The zero-order chi connectivity index (χ0) is 15.3. The molecule has 0 spiro atoms. The Hall–Kier alpha value is -0.180. The highest BCUT2D eigenvalue weighted by Crippen LogP contribution is 2.32. The maximum absolute atomic E-state index is 11.5. The first-order chi connectivity index (χ1) is 9.56. The molecule has 0 bridgehead atoms. The van der Waals surface area contributed by atoms with Crippen LogP contribution in [0.25, 0.3) is 0 Å². The molecule has 0 aliphatic heterocycles. The fourth-order valence-electron chi connectivity index (χ4n) is 2.31. The molecular weight excluding hydrogens is 268 g/mol. The maximum Gasteiger partial charge on any atom is 0.319 e. The minimum atomic E-state index is -0.633. The summed E-state index contributed by atoms with van der Waals surface area (Å²) in [5, 5.41) is 9.46. The van der Waals surface area contributed by atoms with E-state index in [0.717, 1.165) is 25.0 Å². The summed E-state index contributed by atoms with van der Waals surface area (Å²) in [5.41, 5.74) is 0. The molecule has 0 heterocycles. The molecule has 3 heteroatoms. The molecule has 0 unspecified atom stereocenters. The van der Waals surface area contributed by atoms with Crippen LogP contribution in [0.2, 0.25) is 0 Å². The van der Waals surface area contributed by atoms with Gasteiger partial charge in [0.25, 0.3) is 0 Å². The van der Waals surface area contributed by atoms with Crippen LogP contribution >= 0.6 is 11.8 Å². The van der Waals surface area contributed by atoms with E-state index >= 15 is 0 Å². The lowest BCUT2D eigenvalue weighted by atomic mass is 10.0. The smallest absolute Gasteiger partial charge is 0.319 e. The average molecular weight is 303 g/mol. The molecule has 0 radical (unpaired) electrons. The highest BCUT2D eigenvalue weighted by Gasteiger charge is 2.32. The summed E-state index contributed by atoms with van der Waals surface area (Å²) in [4.78, 5) is 11.5. The van der Waals surface area contributed by atoms with Crippen molar-refractivity contribution in [3.8, 4) is 0 Å². The van der Waals surface area contributed by atoms with Crippen LogP contribution in [0, 0.1) is 0 Å². The Balaban J connectivity index is 3.84. The summed E-state index contributed by atoms with van der Waals surface area (Å²) < 4.78 is -0.572. The van der Waals surface area contributed by atoms with Crippen molar-refractivity contribution in [2.45, 2.75) is 96.1 Å². The first kappa shape index (κ1) is 19.8. The highest BCUT2D eigenvalue weighted by atomic mass is 32.2. The third-order valence-corrected chi connectivity index (χ3v) is 5.39. The van der Waals surface area contributed by atoms with E-state index in [1.165, 1.54) is 51.4 Å². The Kier molecular flexibility index (Phi) is 12.4. The Bertz CT molecular complexity index is 243. The number of carboxylic acids is 1. The Morgan fingerprint density at radius 3 is 1.95 bits per heavy atom. The fourth-order valence-corrected chi connectivity index (χ4v) is 3.52. The van der Waals surface area contributed by atoms with Gasteiger partial charge >= 0.3 is 5.97 Å². The van der Waals surface area contributed by atoms with Gasteiger partial charge in [-0.2, -0.15) is 0 Å². The molecular formula is C17H34O2S. The van der Waals surface area contributed by atoms with Crippen molar-refractivity contribution in [2.75, 3.05) is 5.75 Å². The quantitative estimate of drug-likeness (QED) is 0.406. The second-order valence-electron chi connectivity index (χ2n) is 5.96. The van der Waals surface area contributed by atoms with Gasteiger partial charge in [-0.15, -0.1) is 11.8 Å². The molecule has 0 fully saturated rings. The van der Waals surface area contributed by atoms with Crippen molar-refractivity contribution < 1.29 is 9.90 Å². The molecule has 0 aromatic carbocycles. The maximum atomic E-state index is 11.5. The number of hydrogen-bond donors (Lipinski definition) is 1. The minimum Gasteiger partial charge on any atom is -0.480 e. The topological polar surface area (TPSA) is 37.3 Å². The molecule has 0 saturated heterocycles. The zero-order valence-electron chi connectivity index (χ0n) is 13.7. The normalized spacial score (nSPS) is 14.2. The largest absolute Gasteiger partial charge is 0.480 e. The lowest BCUT2D eigenvalue weighted by Crippen LogP contribution is -2.31. The van der Waals surface area contributed by atoms with Crippen LogP contribution in [0.3, 0.4) is 0 Å². The van der Waals surface area contributed by atoms with Gasteiger partial charge < -0.3 is 5.11 Å². The van der Waals surface area contributed by atoms with Gasteiger partial charge in [0.15, 0.2) is 0 Å². The van der Waals surface area contributed by atoms with Crippen LogP contribution in [-0.2, 0) is 4.79 Å². The van der Waals surface area contributed by atoms with Gasteiger partial charge in [-0.1, -0.05) is 71.6 Å². The Morgan fingerprint density at radius 2 is 1.40 bits per heavy atom. The SMILES string of the molecule is CCCCCCCC[C@](C)(SCCCCCC)C(=O)O. The van der Waals surface area contributed by atoms with Gasteiger partial charge in [0.2, 0.25) is 0 Å².